The minimum atomic E-state index is 0.531. The Morgan fingerprint density at radius 2 is 1.85 bits per heavy atom. The average molecular weight is 475 g/mol. The zero-order chi connectivity index (χ0) is 22.4. The standard InChI is InChI=1S/C22H15ClN8OS/c1-13-19(20(29-32-13)17-11-24-31(28-17)16-5-3-2-4-6-16)21-25-26-22-30(21)27-18(12-33-22)14-7-9-15(23)10-8-14/h2-11H,12H2,1H3. The van der Waals surface area contributed by atoms with Gasteiger partial charge in [0.1, 0.15) is 17.1 Å². The van der Waals surface area contributed by atoms with Crippen LogP contribution in [0.15, 0.2) is 75.6 Å². The van der Waals surface area contributed by atoms with E-state index in [9.17, 15) is 0 Å². The number of rotatable bonds is 4. The highest BCUT2D eigenvalue weighted by molar-refractivity contribution is 7.99. The minimum Gasteiger partial charge on any atom is -0.360 e. The van der Waals surface area contributed by atoms with Crippen LogP contribution in [0, 0.1) is 6.92 Å². The first-order chi connectivity index (χ1) is 16.2. The number of halogens is 1. The Kier molecular flexibility index (Phi) is 4.81. The van der Waals surface area contributed by atoms with E-state index < -0.39 is 0 Å². The lowest BCUT2D eigenvalue weighted by Crippen LogP contribution is -2.13. The van der Waals surface area contributed by atoms with Gasteiger partial charge in [0.25, 0.3) is 0 Å². The van der Waals surface area contributed by atoms with Crippen LogP contribution in [0.4, 0.5) is 0 Å². The molecule has 0 aliphatic carbocycles. The summed E-state index contributed by atoms with van der Waals surface area (Å²) in [5.41, 5.74) is 4.51. The molecule has 1 aliphatic heterocycles. The van der Waals surface area contributed by atoms with Crippen LogP contribution < -0.4 is 0 Å². The molecule has 0 saturated heterocycles. The van der Waals surface area contributed by atoms with Gasteiger partial charge < -0.3 is 4.52 Å². The molecule has 0 amide bonds. The zero-order valence-electron chi connectivity index (χ0n) is 17.3. The lowest BCUT2D eigenvalue weighted by atomic mass is 10.1. The molecule has 6 rings (SSSR count). The van der Waals surface area contributed by atoms with Crippen LogP contribution in [0.2, 0.25) is 5.02 Å². The molecule has 0 radical (unpaired) electrons. The molecule has 5 aromatic rings. The molecule has 3 aromatic heterocycles. The van der Waals surface area contributed by atoms with Gasteiger partial charge in [-0.15, -0.1) is 15.3 Å². The summed E-state index contributed by atoms with van der Waals surface area (Å²) >= 11 is 7.61. The summed E-state index contributed by atoms with van der Waals surface area (Å²) < 4.78 is 7.25. The molecule has 2 aromatic carbocycles. The van der Waals surface area contributed by atoms with Crippen molar-refractivity contribution in [2.75, 3.05) is 5.75 Å². The number of fused-ring (bicyclic) bond motifs is 1. The number of hydrogen-bond donors (Lipinski definition) is 0. The first-order valence-corrected chi connectivity index (χ1v) is 11.4. The van der Waals surface area contributed by atoms with Gasteiger partial charge in [0, 0.05) is 10.8 Å². The predicted molar refractivity (Wildman–Crippen MR) is 125 cm³/mol. The number of para-hydroxylation sites is 1. The molecule has 4 heterocycles. The lowest BCUT2D eigenvalue weighted by Gasteiger charge is -2.14. The number of thioether (sulfide) groups is 1. The molecule has 0 unspecified atom stereocenters. The van der Waals surface area contributed by atoms with Gasteiger partial charge in [-0.25, -0.2) is 0 Å². The van der Waals surface area contributed by atoms with Crippen molar-refractivity contribution < 1.29 is 4.52 Å². The quantitative estimate of drug-likeness (QED) is 0.378. The predicted octanol–water partition coefficient (Wildman–Crippen LogP) is 4.50. The molecule has 0 fully saturated rings. The first-order valence-electron chi connectivity index (χ1n) is 10.0. The van der Waals surface area contributed by atoms with Crippen LogP contribution in [0.25, 0.3) is 28.5 Å². The Labute approximate surface area is 197 Å². The Bertz CT molecular complexity index is 1490. The van der Waals surface area contributed by atoms with E-state index in [1.807, 2.05) is 61.5 Å². The summed E-state index contributed by atoms with van der Waals surface area (Å²) in [6.45, 7) is 1.83. The van der Waals surface area contributed by atoms with Crippen molar-refractivity contribution in [3.8, 4) is 28.5 Å². The molecule has 1 aliphatic rings. The maximum Gasteiger partial charge on any atom is 0.212 e. The van der Waals surface area contributed by atoms with Crippen molar-refractivity contribution in [2.24, 2.45) is 5.10 Å². The number of benzene rings is 2. The molecule has 0 spiro atoms. The average Bonchev–Trinajstić information content (AvgIpc) is 3.58. The first kappa shape index (κ1) is 19.9. The van der Waals surface area contributed by atoms with Crippen molar-refractivity contribution in [2.45, 2.75) is 12.1 Å². The van der Waals surface area contributed by atoms with E-state index in [0.29, 0.717) is 44.5 Å². The van der Waals surface area contributed by atoms with Gasteiger partial charge in [0.2, 0.25) is 5.16 Å². The molecule has 33 heavy (non-hydrogen) atoms. The Morgan fingerprint density at radius 3 is 2.67 bits per heavy atom. The third kappa shape index (κ3) is 3.53. The van der Waals surface area contributed by atoms with Gasteiger partial charge in [-0.1, -0.05) is 58.9 Å². The SMILES string of the molecule is Cc1onc(-c2cnn(-c3ccccc3)n2)c1-c1nnc2n1N=C(c1ccc(Cl)cc1)CS2. The summed E-state index contributed by atoms with van der Waals surface area (Å²) in [6.07, 6.45) is 1.65. The van der Waals surface area contributed by atoms with Crippen LogP contribution in [0.5, 0.6) is 0 Å². The lowest BCUT2D eigenvalue weighted by molar-refractivity contribution is 0.400. The van der Waals surface area contributed by atoms with Crippen molar-refractivity contribution in [1.29, 1.82) is 0 Å². The highest BCUT2D eigenvalue weighted by atomic mass is 35.5. The van der Waals surface area contributed by atoms with Crippen molar-refractivity contribution in [3.05, 3.63) is 77.1 Å². The van der Waals surface area contributed by atoms with Gasteiger partial charge in [-0.05, 0) is 36.8 Å². The van der Waals surface area contributed by atoms with E-state index in [0.717, 1.165) is 17.0 Å². The normalized spacial score (nSPS) is 13.1. The highest BCUT2D eigenvalue weighted by Crippen LogP contribution is 2.35. The van der Waals surface area contributed by atoms with E-state index in [1.54, 1.807) is 27.4 Å². The third-order valence-electron chi connectivity index (χ3n) is 5.16. The molecule has 0 bridgehead atoms. The minimum absolute atomic E-state index is 0.531. The smallest absolute Gasteiger partial charge is 0.212 e. The monoisotopic (exact) mass is 474 g/mol. The Balaban J connectivity index is 1.43. The van der Waals surface area contributed by atoms with Gasteiger partial charge in [0.15, 0.2) is 5.82 Å². The summed E-state index contributed by atoms with van der Waals surface area (Å²) in [6, 6.07) is 17.3. The second-order valence-electron chi connectivity index (χ2n) is 7.28. The summed E-state index contributed by atoms with van der Waals surface area (Å²) in [4.78, 5) is 1.55. The van der Waals surface area contributed by atoms with Crippen LogP contribution in [0.1, 0.15) is 11.3 Å². The van der Waals surface area contributed by atoms with Crippen LogP contribution >= 0.6 is 23.4 Å². The number of aryl methyl sites for hydroxylation is 1. The van der Waals surface area contributed by atoms with Crippen molar-refractivity contribution in [3.63, 3.8) is 0 Å². The second kappa shape index (κ2) is 7.98. The summed E-state index contributed by atoms with van der Waals surface area (Å²) in [5, 5.41) is 28.1. The molecular weight excluding hydrogens is 460 g/mol. The van der Waals surface area contributed by atoms with Crippen molar-refractivity contribution in [1.82, 2.24) is 35.0 Å². The molecule has 11 heteroatoms. The van der Waals surface area contributed by atoms with E-state index in [2.05, 4.69) is 25.6 Å². The maximum atomic E-state index is 6.04. The van der Waals surface area contributed by atoms with Crippen LogP contribution in [-0.2, 0) is 0 Å². The second-order valence-corrected chi connectivity index (χ2v) is 8.66. The largest absolute Gasteiger partial charge is 0.360 e. The van der Waals surface area contributed by atoms with Crippen LogP contribution in [-0.4, -0.2) is 46.5 Å². The van der Waals surface area contributed by atoms with Crippen molar-refractivity contribution >= 4 is 29.1 Å². The van der Waals surface area contributed by atoms with E-state index in [-0.39, 0.29) is 0 Å². The fourth-order valence-electron chi connectivity index (χ4n) is 3.53. The Morgan fingerprint density at radius 1 is 1.03 bits per heavy atom. The number of nitrogens with zero attached hydrogens (tertiary/aromatic N) is 8. The molecular formula is C22H15ClN8OS. The third-order valence-corrected chi connectivity index (χ3v) is 6.34. The number of hydrogen-bond acceptors (Lipinski definition) is 8. The fraction of sp³-hybridized carbons (Fsp3) is 0.0909. The fourth-order valence-corrected chi connectivity index (χ4v) is 4.50. The molecule has 162 valence electrons. The van der Waals surface area contributed by atoms with Gasteiger partial charge >= 0.3 is 0 Å². The highest BCUT2D eigenvalue weighted by Gasteiger charge is 2.28. The molecule has 0 atom stereocenters. The van der Waals surface area contributed by atoms with E-state index in [4.69, 9.17) is 21.2 Å². The zero-order valence-corrected chi connectivity index (χ0v) is 18.8. The van der Waals surface area contributed by atoms with Gasteiger partial charge in [-0.2, -0.15) is 19.7 Å². The topological polar surface area (TPSA) is 99.8 Å². The number of aromatic nitrogens is 7. The molecule has 0 saturated carbocycles. The van der Waals surface area contributed by atoms with E-state index >= 15 is 0 Å². The van der Waals surface area contributed by atoms with Gasteiger partial charge in [0.05, 0.1) is 23.2 Å². The molecule has 9 nitrogen and oxygen atoms in total. The summed E-state index contributed by atoms with van der Waals surface area (Å²) in [5.74, 6) is 1.81. The summed E-state index contributed by atoms with van der Waals surface area (Å²) in [7, 11) is 0. The maximum absolute atomic E-state index is 6.04. The van der Waals surface area contributed by atoms with Gasteiger partial charge in [-0.3, -0.25) is 0 Å². The molecule has 0 N–H and O–H groups in total. The Hall–Kier alpha value is -3.76. The van der Waals surface area contributed by atoms with E-state index in [1.165, 1.54) is 0 Å². The van der Waals surface area contributed by atoms with Crippen LogP contribution in [0.3, 0.4) is 0 Å².